The minimum absolute atomic E-state index is 0.0342. The van der Waals surface area contributed by atoms with Crippen molar-refractivity contribution in [3.63, 3.8) is 0 Å². The molecule has 4 aliphatic rings. The average molecular weight is 433 g/mol. The van der Waals surface area contributed by atoms with Gasteiger partial charge in [-0.15, -0.1) is 0 Å². The molecule has 0 heterocycles. The third kappa shape index (κ3) is 3.70. The van der Waals surface area contributed by atoms with Gasteiger partial charge in [0, 0.05) is 5.56 Å². The highest BCUT2D eigenvalue weighted by molar-refractivity contribution is 5.95. The fourth-order valence-electron chi connectivity index (χ4n) is 6.68. The van der Waals surface area contributed by atoms with Gasteiger partial charge in [0.25, 0.3) is 0 Å². The normalized spacial score (nSPS) is 27.7. The van der Waals surface area contributed by atoms with Crippen LogP contribution >= 0.6 is 0 Å². The number of carboxylic acid groups (broad SMARTS) is 1. The maximum absolute atomic E-state index is 13.0. The van der Waals surface area contributed by atoms with E-state index in [4.69, 9.17) is 9.47 Å². The van der Waals surface area contributed by atoms with Gasteiger partial charge in [0.05, 0.1) is 5.56 Å². The molecule has 32 heavy (non-hydrogen) atoms. The minimum Gasteiger partial charge on any atom is -0.489 e. The first kappa shape index (κ1) is 20.8. The monoisotopic (exact) mass is 432 g/mol. The molecule has 0 saturated heterocycles. The third-order valence-electron chi connectivity index (χ3n) is 7.50. The van der Waals surface area contributed by atoms with E-state index in [-0.39, 0.29) is 16.7 Å². The van der Waals surface area contributed by atoms with Gasteiger partial charge in [-0.2, -0.15) is 0 Å². The lowest BCUT2D eigenvalue weighted by molar-refractivity contribution is -0.00630. The van der Waals surface area contributed by atoms with Crippen LogP contribution in [0.4, 0.5) is 0 Å². The van der Waals surface area contributed by atoms with Gasteiger partial charge in [-0.25, -0.2) is 9.59 Å². The molecular weight excluding hydrogens is 404 g/mol. The van der Waals surface area contributed by atoms with Gasteiger partial charge in [0.15, 0.2) is 0 Å². The lowest BCUT2D eigenvalue weighted by Crippen LogP contribution is -2.48. The largest absolute Gasteiger partial charge is 0.489 e. The maximum atomic E-state index is 13.0. The molecule has 2 aromatic rings. The summed E-state index contributed by atoms with van der Waals surface area (Å²) in [6, 6.07) is 11.7. The third-order valence-corrected chi connectivity index (χ3v) is 7.50. The fraction of sp³-hybridized carbons (Fsp3) is 0.407. The number of carbonyl (C=O) groups excluding carboxylic acids is 1. The van der Waals surface area contributed by atoms with Gasteiger partial charge >= 0.3 is 11.9 Å². The zero-order valence-corrected chi connectivity index (χ0v) is 18.1. The molecule has 166 valence electrons. The number of carboxylic acids is 1. The molecule has 0 radical (unpaired) electrons. The molecule has 5 heteroatoms. The van der Waals surface area contributed by atoms with E-state index in [1.807, 2.05) is 12.1 Å². The van der Waals surface area contributed by atoms with Crippen molar-refractivity contribution in [1.29, 1.82) is 0 Å². The summed E-state index contributed by atoms with van der Waals surface area (Å²) in [6.07, 6.45) is 9.15. The van der Waals surface area contributed by atoms with E-state index in [2.05, 4.69) is 6.58 Å². The van der Waals surface area contributed by atoms with Crippen LogP contribution in [0.5, 0.6) is 11.5 Å². The number of hydrogen-bond donors (Lipinski definition) is 1. The number of rotatable bonds is 7. The first-order chi connectivity index (χ1) is 15.5. The Hall–Kier alpha value is -3.08. The van der Waals surface area contributed by atoms with Crippen molar-refractivity contribution >= 4 is 11.9 Å². The number of ether oxygens (including phenoxy) is 2. The standard InChI is InChI=1S/C27H28O5/c1-2-9-31-24-8-7-20(26(30)32-23-6-4-3-5-21(23)25(28)29)13-22(24)27-14-17-10-18(15-27)12-19(11-17)16-27/h2-8,13,17-19H,1,9-12,14-16H2,(H,28,29). The Kier molecular flexibility index (Phi) is 5.28. The zero-order chi connectivity index (χ0) is 22.3. The maximum Gasteiger partial charge on any atom is 0.343 e. The second-order valence-electron chi connectivity index (χ2n) is 9.70. The van der Waals surface area contributed by atoms with E-state index >= 15 is 0 Å². The van der Waals surface area contributed by atoms with Crippen LogP contribution in [0.25, 0.3) is 0 Å². The molecule has 0 aromatic heterocycles. The van der Waals surface area contributed by atoms with Crippen molar-refractivity contribution in [2.75, 3.05) is 6.61 Å². The molecule has 0 spiro atoms. The molecule has 0 amide bonds. The Labute approximate surface area is 188 Å². The molecule has 4 aliphatic carbocycles. The molecule has 0 aliphatic heterocycles. The summed E-state index contributed by atoms with van der Waals surface area (Å²) >= 11 is 0. The van der Waals surface area contributed by atoms with Crippen molar-refractivity contribution in [2.24, 2.45) is 17.8 Å². The van der Waals surface area contributed by atoms with Gasteiger partial charge in [-0.05, 0) is 92.0 Å². The Bertz CT molecular complexity index is 1030. The van der Waals surface area contributed by atoms with Gasteiger partial charge in [0.2, 0.25) is 0 Å². The van der Waals surface area contributed by atoms with E-state index in [1.165, 1.54) is 31.4 Å². The molecule has 6 rings (SSSR count). The van der Waals surface area contributed by atoms with Crippen molar-refractivity contribution in [3.8, 4) is 11.5 Å². The number of benzene rings is 2. The zero-order valence-electron chi connectivity index (χ0n) is 18.1. The summed E-state index contributed by atoms with van der Waals surface area (Å²) in [5, 5.41) is 9.39. The van der Waals surface area contributed by atoms with Crippen LogP contribution in [0.2, 0.25) is 0 Å². The summed E-state index contributed by atoms with van der Waals surface area (Å²) in [4.78, 5) is 24.5. The lowest BCUT2D eigenvalue weighted by atomic mass is 9.48. The van der Waals surface area contributed by atoms with Gasteiger partial charge in [-0.1, -0.05) is 24.8 Å². The van der Waals surface area contributed by atoms with Crippen LogP contribution in [0.3, 0.4) is 0 Å². The van der Waals surface area contributed by atoms with Gasteiger partial charge in [0.1, 0.15) is 23.7 Å². The lowest BCUT2D eigenvalue weighted by Gasteiger charge is -2.57. The van der Waals surface area contributed by atoms with Gasteiger partial charge in [-0.3, -0.25) is 0 Å². The summed E-state index contributed by atoms with van der Waals surface area (Å²) in [5.74, 6) is 1.45. The Morgan fingerprint density at radius 3 is 2.28 bits per heavy atom. The van der Waals surface area contributed by atoms with E-state index in [0.717, 1.165) is 48.3 Å². The highest BCUT2D eigenvalue weighted by atomic mass is 16.5. The molecule has 4 saturated carbocycles. The summed E-state index contributed by atoms with van der Waals surface area (Å²) in [5.41, 5.74) is 1.52. The van der Waals surface area contributed by atoms with Crippen LogP contribution in [0.15, 0.2) is 55.1 Å². The summed E-state index contributed by atoms with van der Waals surface area (Å²) in [7, 11) is 0. The molecule has 4 bridgehead atoms. The van der Waals surface area contributed by atoms with Crippen LogP contribution in [-0.2, 0) is 5.41 Å². The molecule has 0 atom stereocenters. The topological polar surface area (TPSA) is 72.8 Å². The van der Waals surface area contributed by atoms with Crippen molar-refractivity contribution < 1.29 is 24.2 Å². The fourth-order valence-corrected chi connectivity index (χ4v) is 6.68. The first-order valence-corrected chi connectivity index (χ1v) is 11.4. The van der Waals surface area contributed by atoms with E-state index < -0.39 is 11.9 Å². The van der Waals surface area contributed by atoms with Crippen LogP contribution in [-0.4, -0.2) is 23.7 Å². The SMILES string of the molecule is C=CCOc1ccc(C(=O)Oc2ccccc2C(=O)O)cc1C12CC3CC(CC(C3)C1)C2. The second-order valence-corrected chi connectivity index (χ2v) is 9.70. The number of carbonyl (C=O) groups is 2. The predicted molar refractivity (Wildman–Crippen MR) is 120 cm³/mol. The highest BCUT2D eigenvalue weighted by Crippen LogP contribution is 2.62. The van der Waals surface area contributed by atoms with E-state index in [0.29, 0.717) is 12.2 Å². The number of hydrogen-bond acceptors (Lipinski definition) is 4. The summed E-state index contributed by atoms with van der Waals surface area (Å²) in [6.45, 7) is 4.18. The Morgan fingerprint density at radius 1 is 1.00 bits per heavy atom. The minimum atomic E-state index is -1.13. The molecule has 4 fully saturated rings. The van der Waals surface area contributed by atoms with E-state index in [9.17, 15) is 14.7 Å². The molecule has 1 N–H and O–H groups in total. The van der Waals surface area contributed by atoms with Crippen molar-refractivity contribution in [3.05, 3.63) is 71.8 Å². The predicted octanol–water partition coefficient (Wildman–Crippen LogP) is 5.64. The van der Waals surface area contributed by atoms with Crippen LogP contribution in [0, 0.1) is 17.8 Å². The van der Waals surface area contributed by atoms with E-state index in [1.54, 1.807) is 24.3 Å². The number of para-hydroxylation sites is 1. The first-order valence-electron chi connectivity index (χ1n) is 11.4. The molecular formula is C27H28O5. The smallest absolute Gasteiger partial charge is 0.343 e. The van der Waals surface area contributed by atoms with Crippen LogP contribution < -0.4 is 9.47 Å². The van der Waals surface area contributed by atoms with Crippen molar-refractivity contribution in [1.82, 2.24) is 0 Å². The highest BCUT2D eigenvalue weighted by Gasteiger charge is 2.52. The molecule has 2 aromatic carbocycles. The number of esters is 1. The van der Waals surface area contributed by atoms with Gasteiger partial charge < -0.3 is 14.6 Å². The van der Waals surface area contributed by atoms with Crippen molar-refractivity contribution in [2.45, 2.75) is 43.9 Å². The molecule has 5 nitrogen and oxygen atoms in total. The quantitative estimate of drug-likeness (QED) is 0.348. The molecule has 0 unspecified atom stereocenters. The Morgan fingerprint density at radius 2 is 1.66 bits per heavy atom. The second kappa shape index (κ2) is 8.12. The Balaban J connectivity index is 1.49. The summed E-state index contributed by atoms with van der Waals surface area (Å²) < 4.78 is 11.5. The number of aromatic carboxylic acids is 1. The average Bonchev–Trinajstić information content (AvgIpc) is 2.77. The van der Waals surface area contributed by atoms with Crippen LogP contribution in [0.1, 0.15) is 64.8 Å².